The Bertz CT molecular complexity index is 1240. The van der Waals surface area contributed by atoms with Crippen molar-refractivity contribution in [3.8, 4) is 11.3 Å². The van der Waals surface area contributed by atoms with Crippen LogP contribution in [0.3, 0.4) is 0 Å². The van der Waals surface area contributed by atoms with E-state index in [-0.39, 0.29) is 0 Å². The molecule has 0 atom stereocenters. The van der Waals surface area contributed by atoms with E-state index in [1.807, 2.05) is 33.4 Å². The number of hydrogen-bond acceptors (Lipinski definition) is 5. The molecule has 1 fully saturated rings. The molecule has 6 heteroatoms. The summed E-state index contributed by atoms with van der Waals surface area (Å²) >= 11 is 4.89. The van der Waals surface area contributed by atoms with Crippen LogP contribution in [-0.4, -0.2) is 40.0 Å². The number of piperidine rings is 1. The second kappa shape index (κ2) is 11.4. The van der Waals surface area contributed by atoms with Crippen molar-refractivity contribution >= 4 is 34.2 Å². The van der Waals surface area contributed by atoms with Crippen molar-refractivity contribution in [3.63, 3.8) is 0 Å². The fraction of sp³-hybridized carbons (Fsp3) is 0.321. The fourth-order valence-corrected chi connectivity index (χ4v) is 4.52. The Labute approximate surface area is 207 Å². The number of pyridine rings is 1. The molecular weight excluding hydrogens is 438 g/mol. The van der Waals surface area contributed by atoms with Crippen LogP contribution in [0, 0.1) is 12.8 Å². The van der Waals surface area contributed by atoms with Crippen LogP contribution in [0.25, 0.3) is 22.0 Å². The number of aromatic nitrogens is 3. The van der Waals surface area contributed by atoms with Gasteiger partial charge in [0.1, 0.15) is 11.6 Å². The van der Waals surface area contributed by atoms with Crippen molar-refractivity contribution < 1.29 is 0 Å². The molecule has 0 amide bonds. The summed E-state index contributed by atoms with van der Waals surface area (Å²) in [7, 11) is 3.91. The van der Waals surface area contributed by atoms with Gasteiger partial charge in [-0.2, -0.15) is 0 Å². The predicted octanol–water partition coefficient (Wildman–Crippen LogP) is 5.56. The first kappa shape index (κ1) is 24.0. The van der Waals surface area contributed by atoms with Crippen LogP contribution in [0.4, 0.5) is 5.82 Å². The second-order valence-corrected chi connectivity index (χ2v) is 9.12. The van der Waals surface area contributed by atoms with E-state index in [0.717, 1.165) is 34.2 Å². The highest BCUT2D eigenvalue weighted by molar-refractivity contribution is 7.79. The normalized spacial score (nSPS) is 13.9. The molecule has 3 heterocycles. The highest BCUT2D eigenvalue weighted by Gasteiger charge is 2.13. The molecule has 2 aromatic carbocycles. The molecule has 1 aliphatic heterocycles. The van der Waals surface area contributed by atoms with Crippen LogP contribution in [0.15, 0.2) is 60.9 Å². The SMILES string of the molecule is CNc1cc2cc(-c3cnc(C)n3C)ccc2cn1.S=Cc1ccc(CC2CCNCC2)cc1. The zero-order chi connectivity index (χ0) is 23.9. The van der Waals surface area contributed by atoms with Crippen LogP contribution < -0.4 is 10.6 Å². The number of fused-ring (bicyclic) bond motifs is 1. The van der Waals surface area contributed by atoms with Gasteiger partial charge in [0.15, 0.2) is 0 Å². The van der Waals surface area contributed by atoms with E-state index >= 15 is 0 Å². The molecular formula is C28H33N5S. The van der Waals surface area contributed by atoms with Crippen molar-refractivity contribution in [2.75, 3.05) is 25.5 Å². The van der Waals surface area contributed by atoms with E-state index in [1.165, 1.54) is 48.9 Å². The largest absolute Gasteiger partial charge is 0.373 e. The van der Waals surface area contributed by atoms with Crippen LogP contribution >= 0.6 is 12.2 Å². The smallest absolute Gasteiger partial charge is 0.126 e. The number of aryl methyl sites for hydroxylation is 1. The van der Waals surface area contributed by atoms with Gasteiger partial charge in [-0.1, -0.05) is 48.6 Å². The number of rotatable bonds is 5. The first-order valence-corrected chi connectivity index (χ1v) is 12.4. The molecule has 0 saturated carbocycles. The summed E-state index contributed by atoms with van der Waals surface area (Å²) < 4.78 is 2.10. The first-order valence-electron chi connectivity index (χ1n) is 11.9. The topological polar surface area (TPSA) is 54.8 Å². The Morgan fingerprint density at radius 3 is 2.44 bits per heavy atom. The average Bonchev–Trinajstić information content (AvgIpc) is 3.22. The van der Waals surface area contributed by atoms with E-state index in [4.69, 9.17) is 12.2 Å². The van der Waals surface area contributed by atoms with Gasteiger partial charge in [-0.25, -0.2) is 9.97 Å². The van der Waals surface area contributed by atoms with E-state index in [0.29, 0.717) is 0 Å². The maximum atomic E-state index is 4.89. The van der Waals surface area contributed by atoms with E-state index < -0.39 is 0 Å². The van der Waals surface area contributed by atoms with Gasteiger partial charge in [0, 0.05) is 36.6 Å². The van der Waals surface area contributed by atoms with Gasteiger partial charge in [0.25, 0.3) is 0 Å². The molecule has 5 nitrogen and oxygen atoms in total. The van der Waals surface area contributed by atoms with Gasteiger partial charge >= 0.3 is 0 Å². The number of imidazole rings is 1. The summed E-state index contributed by atoms with van der Waals surface area (Å²) in [5.74, 6) is 2.76. The lowest BCUT2D eigenvalue weighted by Gasteiger charge is -2.22. The number of nitrogens with zero attached hydrogens (tertiary/aromatic N) is 3. The molecule has 2 aromatic heterocycles. The third-order valence-corrected chi connectivity index (χ3v) is 6.87. The monoisotopic (exact) mass is 471 g/mol. The van der Waals surface area contributed by atoms with E-state index in [1.54, 1.807) is 5.37 Å². The molecule has 34 heavy (non-hydrogen) atoms. The summed E-state index contributed by atoms with van der Waals surface area (Å²) in [5, 5.41) is 10.5. The Balaban J connectivity index is 0.000000166. The highest BCUT2D eigenvalue weighted by atomic mass is 32.1. The minimum absolute atomic E-state index is 0.865. The number of benzene rings is 2. The van der Waals surface area contributed by atoms with Crippen molar-refractivity contribution in [2.45, 2.75) is 26.2 Å². The quantitative estimate of drug-likeness (QED) is 0.373. The molecule has 1 aliphatic rings. The standard InChI is InChI=1S/C15H16N4.C13H17NS/c1-10-17-9-14(19(10)3)11-4-5-12-8-18-15(16-2)7-13(12)6-11;15-10-13-3-1-11(2-4-13)9-12-5-7-14-8-6-12/h4-9H,1-3H3,(H,16,18);1-4,10,12,14H,5-9H2. The highest BCUT2D eigenvalue weighted by Crippen LogP contribution is 2.25. The zero-order valence-corrected chi connectivity index (χ0v) is 21.0. The Hall–Kier alpha value is -3.09. The number of anilines is 1. The molecule has 1 saturated heterocycles. The number of hydrogen-bond donors (Lipinski definition) is 2. The molecule has 0 unspecified atom stereocenters. The second-order valence-electron chi connectivity index (χ2n) is 8.89. The predicted molar refractivity (Wildman–Crippen MR) is 147 cm³/mol. The maximum absolute atomic E-state index is 4.89. The molecule has 0 aliphatic carbocycles. The summed E-state index contributed by atoms with van der Waals surface area (Å²) in [6, 6.07) is 17.1. The average molecular weight is 472 g/mol. The summed E-state index contributed by atoms with van der Waals surface area (Å²) in [4.78, 5) is 8.67. The van der Waals surface area contributed by atoms with Gasteiger partial charge in [-0.05, 0) is 73.8 Å². The van der Waals surface area contributed by atoms with Gasteiger partial charge < -0.3 is 15.2 Å². The third kappa shape index (κ3) is 5.88. The lowest BCUT2D eigenvalue weighted by Crippen LogP contribution is -2.28. The van der Waals surface area contributed by atoms with Crippen molar-refractivity contribution in [2.24, 2.45) is 13.0 Å². The summed E-state index contributed by atoms with van der Waals surface area (Å²) in [6.45, 7) is 4.37. The third-order valence-electron chi connectivity index (χ3n) is 6.59. The summed E-state index contributed by atoms with van der Waals surface area (Å²) in [6.07, 6.45) is 7.65. The summed E-state index contributed by atoms with van der Waals surface area (Å²) in [5.41, 5.74) is 4.88. The molecule has 2 N–H and O–H groups in total. The molecule has 0 spiro atoms. The van der Waals surface area contributed by atoms with Crippen molar-refractivity contribution in [1.29, 1.82) is 0 Å². The van der Waals surface area contributed by atoms with E-state index in [9.17, 15) is 0 Å². The van der Waals surface area contributed by atoms with Gasteiger partial charge in [0.05, 0.1) is 11.9 Å². The lowest BCUT2D eigenvalue weighted by molar-refractivity contribution is 0.372. The minimum atomic E-state index is 0.865. The number of nitrogens with one attached hydrogen (secondary N) is 2. The minimum Gasteiger partial charge on any atom is -0.373 e. The maximum Gasteiger partial charge on any atom is 0.126 e. The molecule has 4 aromatic rings. The fourth-order valence-electron chi connectivity index (χ4n) is 4.36. The Morgan fingerprint density at radius 1 is 1.03 bits per heavy atom. The first-order chi connectivity index (χ1) is 16.6. The van der Waals surface area contributed by atoms with Gasteiger partial charge in [-0.15, -0.1) is 0 Å². The van der Waals surface area contributed by atoms with Gasteiger partial charge in [-0.3, -0.25) is 0 Å². The lowest BCUT2D eigenvalue weighted by atomic mass is 9.91. The van der Waals surface area contributed by atoms with Crippen LogP contribution in [-0.2, 0) is 13.5 Å². The Kier molecular flexibility index (Phi) is 8.03. The zero-order valence-electron chi connectivity index (χ0n) is 20.2. The van der Waals surface area contributed by atoms with Crippen LogP contribution in [0.1, 0.15) is 29.8 Å². The molecule has 176 valence electrons. The van der Waals surface area contributed by atoms with Crippen molar-refractivity contribution in [3.05, 3.63) is 77.9 Å². The van der Waals surface area contributed by atoms with Crippen LogP contribution in [0.2, 0.25) is 0 Å². The van der Waals surface area contributed by atoms with E-state index in [2.05, 4.69) is 73.7 Å². The number of thiocarbonyl (C=S) groups is 1. The van der Waals surface area contributed by atoms with Crippen molar-refractivity contribution in [1.82, 2.24) is 19.9 Å². The molecule has 0 radical (unpaired) electrons. The Morgan fingerprint density at radius 2 is 1.79 bits per heavy atom. The van der Waals surface area contributed by atoms with Gasteiger partial charge in [0.2, 0.25) is 0 Å². The molecule has 0 bridgehead atoms. The van der Waals surface area contributed by atoms with Crippen LogP contribution in [0.5, 0.6) is 0 Å². The molecule has 5 rings (SSSR count).